The van der Waals surface area contributed by atoms with Gasteiger partial charge in [-0.1, -0.05) is 18.2 Å². The van der Waals surface area contributed by atoms with E-state index in [1.165, 1.54) is 67.3 Å². The van der Waals surface area contributed by atoms with E-state index in [9.17, 15) is 22.8 Å². The predicted octanol–water partition coefficient (Wildman–Crippen LogP) is 2.98. The van der Waals surface area contributed by atoms with E-state index in [4.69, 9.17) is 14.2 Å². The third-order valence-corrected chi connectivity index (χ3v) is 7.46. The van der Waals surface area contributed by atoms with Crippen LogP contribution in [0.5, 0.6) is 12.0 Å². The number of carbonyl (C=O) groups excluding carboxylic acids is 2. The van der Waals surface area contributed by atoms with Crippen molar-refractivity contribution in [2.75, 3.05) is 44.0 Å². The van der Waals surface area contributed by atoms with Crippen molar-refractivity contribution in [3.8, 4) is 23.3 Å². The van der Waals surface area contributed by atoms with Gasteiger partial charge in [0.15, 0.2) is 11.3 Å². The Bertz CT molecular complexity index is 2090. The summed E-state index contributed by atoms with van der Waals surface area (Å²) in [5, 5.41) is 12.6. The minimum absolute atomic E-state index is 0.00812. The summed E-state index contributed by atoms with van der Waals surface area (Å²) >= 11 is 0. The zero-order chi connectivity index (χ0) is 37.2. The zero-order valence-corrected chi connectivity index (χ0v) is 28.1. The number of ether oxygens (including phenoxy) is 3. The van der Waals surface area contributed by atoms with E-state index in [2.05, 4.69) is 56.8 Å². The Kier molecular flexibility index (Phi) is 11.5. The van der Waals surface area contributed by atoms with E-state index in [0.717, 1.165) is 17.0 Å². The zero-order valence-electron chi connectivity index (χ0n) is 28.1. The van der Waals surface area contributed by atoms with E-state index in [1.54, 1.807) is 7.05 Å². The molecule has 1 fully saturated rings. The number of rotatable bonds is 15. The van der Waals surface area contributed by atoms with Crippen molar-refractivity contribution in [3.63, 3.8) is 0 Å². The standard InChI is InChI=1S/C33H33F3N12O5/c1-37-46-24(29(49)42-26-10-14-40-32(45-26)53-20-11-16-51-19-20)17-38-12-4-15-52-31-39-13-9-27(44-31)43-30(50)25-18-41-28-8-7-23(47-48(25)28)21-5-2-3-6-22(21)33(34,35)36/h2-3,5-10,13-14,17-18,20,37-38,46H,4,11-12,15-16,19H2,1H3,(H,39,43,44,50)(H,40,42,45,49)/b24-17-. The van der Waals surface area contributed by atoms with Crippen LogP contribution in [0.3, 0.4) is 0 Å². The highest BCUT2D eigenvalue weighted by Gasteiger charge is 2.34. The molecular weight excluding hydrogens is 701 g/mol. The van der Waals surface area contributed by atoms with Gasteiger partial charge in [0, 0.05) is 44.2 Å². The molecule has 4 aromatic heterocycles. The van der Waals surface area contributed by atoms with Crippen molar-refractivity contribution < 1.29 is 37.0 Å². The number of imidazole rings is 1. The second kappa shape index (κ2) is 16.7. The largest absolute Gasteiger partial charge is 0.463 e. The van der Waals surface area contributed by atoms with Gasteiger partial charge in [0.25, 0.3) is 11.8 Å². The number of fused-ring (bicyclic) bond motifs is 1. The first-order valence-corrected chi connectivity index (χ1v) is 16.2. The molecule has 5 aromatic rings. The number of benzene rings is 1. The lowest BCUT2D eigenvalue weighted by Crippen LogP contribution is -2.35. The molecule has 6 rings (SSSR count). The molecule has 20 heteroatoms. The molecule has 0 aliphatic carbocycles. The monoisotopic (exact) mass is 734 g/mol. The summed E-state index contributed by atoms with van der Waals surface area (Å²) in [6.07, 6.45) is 2.09. The number of amides is 2. The molecule has 1 unspecified atom stereocenters. The Balaban J connectivity index is 1.000. The summed E-state index contributed by atoms with van der Waals surface area (Å²) in [6.45, 7) is 1.66. The molecule has 1 aliphatic heterocycles. The van der Waals surface area contributed by atoms with Gasteiger partial charge in [0.1, 0.15) is 23.4 Å². The van der Waals surface area contributed by atoms with Gasteiger partial charge >= 0.3 is 18.2 Å². The molecule has 5 heterocycles. The van der Waals surface area contributed by atoms with Gasteiger partial charge in [0.2, 0.25) is 0 Å². The minimum atomic E-state index is -4.60. The fourth-order valence-corrected chi connectivity index (χ4v) is 5.00. The molecule has 5 N–H and O–H groups in total. The first-order chi connectivity index (χ1) is 25.7. The molecular formula is C33H33F3N12O5. The molecule has 0 radical (unpaired) electrons. The summed E-state index contributed by atoms with van der Waals surface area (Å²) in [6, 6.07) is 11.0. The number of halogens is 3. The maximum absolute atomic E-state index is 13.6. The van der Waals surface area contributed by atoms with Gasteiger partial charge in [0.05, 0.1) is 37.3 Å². The molecule has 53 heavy (non-hydrogen) atoms. The highest BCUT2D eigenvalue weighted by atomic mass is 19.4. The van der Waals surface area contributed by atoms with Crippen LogP contribution in [0.15, 0.2) is 79.0 Å². The number of hydrazine groups is 1. The van der Waals surface area contributed by atoms with Crippen LogP contribution < -0.4 is 36.3 Å². The summed E-state index contributed by atoms with van der Waals surface area (Å²) in [5.41, 5.74) is 4.89. The van der Waals surface area contributed by atoms with Crippen LogP contribution in [0, 0.1) is 0 Å². The number of hydrogen-bond acceptors (Lipinski definition) is 14. The Hall–Kier alpha value is -6.41. The Labute approximate surface area is 299 Å². The highest BCUT2D eigenvalue weighted by Crippen LogP contribution is 2.36. The van der Waals surface area contributed by atoms with Crippen molar-refractivity contribution in [1.82, 2.24) is 50.7 Å². The quantitative estimate of drug-likeness (QED) is 0.0597. The van der Waals surface area contributed by atoms with Gasteiger partial charge in [-0.25, -0.2) is 24.9 Å². The number of aromatic nitrogens is 7. The first-order valence-electron chi connectivity index (χ1n) is 16.2. The van der Waals surface area contributed by atoms with Gasteiger partial charge in [-0.15, -0.1) is 0 Å². The summed E-state index contributed by atoms with van der Waals surface area (Å²) < 4.78 is 58.7. The van der Waals surface area contributed by atoms with Crippen molar-refractivity contribution >= 4 is 29.1 Å². The number of nitrogens with zero attached hydrogens (tertiary/aromatic N) is 7. The van der Waals surface area contributed by atoms with Crippen LogP contribution >= 0.6 is 0 Å². The van der Waals surface area contributed by atoms with Gasteiger partial charge in [-0.05, 0) is 36.8 Å². The van der Waals surface area contributed by atoms with Crippen LogP contribution in [0.25, 0.3) is 16.9 Å². The Morgan fingerprint density at radius 3 is 2.55 bits per heavy atom. The summed E-state index contributed by atoms with van der Waals surface area (Å²) in [5.74, 6) is -0.770. The molecule has 1 saturated heterocycles. The van der Waals surface area contributed by atoms with E-state index >= 15 is 0 Å². The van der Waals surface area contributed by atoms with Crippen LogP contribution in [0.4, 0.5) is 24.8 Å². The lowest BCUT2D eigenvalue weighted by Gasteiger charge is -2.13. The van der Waals surface area contributed by atoms with Crippen LogP contribution in [0.2, 0.25) is 0 Å². The van der Waals surface area contributed by atoms with Crippen LogP contribution in [-0.4, -0.2) is 85.9 Å². The maximum Gasteiger partial charge on any atom is 0.417 e. The third kappa shape index (κ3) is 9.48. The molecule has 1 atom stereocenters. The van der Waals surface area contributed by atoms with E-state index in [-0.39, 0.29) is 64.7 Å². The average molecular weight is 735 g/mol. The molecule has 1 aromatic carbocycles. The molecule has 17 nitrogen and oxygen atoms in total. The SMILES string of the molecule is CNN/C(=C\NCCCOc1nccc(NC(=O)c2cnc3ccc(-c4ccccc4C(F)(F)F)nn23)n1)C(=O)Nc1ccnc(OC2CCOC2)n1. The highest BCUT2D eigenvalue weighted by molar-refractivity contribution is 6.03. The van der Waals surface area contributed by atoms with Crippen LogP contribution in [0.1, 0.15) is 28.9 Å². The molecule has 0 spiro atoms. The van der Waals surface area contributed by atoms with Crippen molar-refractivity contribution in [1.29, 1.82) is 0 Å². The lowest BCUT2D eigenvalue weighted by atomic mass is 10.0. The van der Waals surface area contributed by atoms with E-state index in [1.807, 2.05) is 0 Å². The van der Waals surface area contributed by atoms with Crippen molar-refractivity contribution in [3.05, 3.63) is 90.3 Å². The first kappa shape index (κ1) is 36.4. The average Bonchev–Trinajstić information content (AvgIpc) is 3.82. The fourth-order valence-electron chi connectivity index (χ4n) is 5.00. The second-order valence-corrected chi connectivity index (χ2v) is 11.2. The maximum atomic E-state index is 13.6. The smallest absolute Gasteiger partial charge is 0.417 e. The normalized spacial score (nSPS) is 14.5. The lowest BCUT2D eigenvalue weighted by molar-refractivity contribution is -0.137. The number of hydrogen-bond donors (Lipinski definition) is 5. The summed E-state index contributed by atoms with van der Waals surface area (Å²) in [7, 11) is 1.61. The number of alkyl halides is 3. The minimum Gasteiger partial charge on any atom is -0.463 e. The summed E-state index contributed by atoms with van der Waals surface area (Å²) in [4.78, 5) is 46.8. The van der Waals surface area contributed by atoms with Crippen molar-refractivity contribution in [2.24, 2.45) is 0 Å². The fraction of sp³-hybridized carbons (Fsp3) is 0.273. The van der Waals surface area contributed by atoms with Gasteiger partial charge in [-0.3, -0.25) is 9.59 Å². The van der Waals surface area contributed by atoms with Crippen molar-refractivity contribution in [2.45, 2.75) is 25.1 Å². The predicted molar refractivity (Wildman–Crippen MR) is 182 cm³/mol. The molecule has 1 aliphatic rings. The van der Waals surface area contributed by atoms with Crippen LogP contribution in [-0.2, 0) is 15.7 Å². The Morgan fingerprint density at radius 2 is 1.77 bits per heavy atom. The third-order valence-electron chi connectivity index (χ3n) is 7.46. The molecule has 0 bridgehead atoms. The number of anilines is 2. The second-order valence-electron chi connectivity index (χ2n) is 11.2. The topological polar surface area (TPSA) is 204 Å². The number of nitrogens with one attached hydrogen (secondary N) is 5. The number of carbonyl (C=O) groups is 2. The molecule has 2 amide bonds. The molecule has 276 valence electrons. The molecule has 0 saturated carbocycles. The van der Waals surface area contributed by atoms with E-state index in [0.29, 0.717) is 26.2 Å². The van der Waals surface area contributed by atoms with E-state index < -0.39 is 23.6 Å². The Morgan fingerprint density at radius 1 is 1.00 bits per heavy atom. The van der Waals surface area contributed by atoms with Gasteiger partial charge < -0.3 is 35.6 Å². The van der Waals surface area contributed by atoms with Gasteiger partial charge in [-0.2, -0.15) is 28.2 Å².